The highest BCUT2D eigenvalue weighted by Crippen LogP contribution is 2.28. The molecule has 0 aromatic carbocycles. The molecule has 5 heteroatoms. The molecule has 98 valence electrons. The standard InChI is InChI=1S/C13H20N4O/c1-18-13-16-11-8-14-6-5-10(11)12(17-13)15-7-9-3-2-4-9/h9,14H,2-8H2,1H3,(H,15,16,17). The number of rotatable bonds is 4. The molecule has 2 heterocycles. The summed E-state index contributed by atoms with van der Waals surface area (Å²) in [6.07, 6.45) is 5.06. The van der Waals surface area contributed by atoms with Gasteiger partial charge in [0, 0.05) is 18.7 Å². The first-order valence-corrected chi connectivity index (χ1v) is 6.75. The lowest BCUT2D eigenvalue weighted by Crippen LogP contribution is -2.28. The van der Waals surface area contributed by atoms with Crippen molar-refractivity contribution in [3.05, 3.63) is 11.3 Å². The fraction of sp³-hybridized carbons (Fsp3) is 0.692. The van der Waals surface area contributed by atoms with Crippen molar-refractivity contribution >= 4 is 5.82 Å². The zero-order chi connectivity index (χ0) is 12.4. The minimum Gasteiger partial charge on any atom is -0.467 e. The third-order valence-corrected chi connectivity index (χ3v) is 3.88. The largest absolute Gasteiger partial charge is 0.467 e. The van der Waals surface area contributed by atoms with Crippen molar-refractivity contribution in [3.8, 4) is 6.01 Å². The van der Waals surface area contributed by atoms with Crippen LogP contribution in [0.15, 0.2) is 0 Å². The van der Waals surface area contributed by atoms with E-state index in [0.29, 0.717) is 6.01 Å². The van der Waals surface area contributed by atoms with Crippen LogP contribution in [0.3, 0.4) is 0 Å². The summed E-state index contributed by atoms with van der Waals surface area (Å²) >= 11 is 0. The average molecular weight is 248 g/mol. The zero-order valence-corrected chi connectivity index (χ0v) is 10.8. The van der Waals surface area contributed by atoms with Crippen LogP contribution < -0.4 is 15.4 Å². The first-order valence-electron chi connectivity index (χ1n) is 6.75. The lowest BCUT2D eigenvalue weighted by Gasteiger charge is -2.27. The molecule has 1 fully saturated rings. The van der Waals surface area contributed by atoms with Gasteiger partial charge in [0.05, 0.1) is 12.8 Å². The van der Waals surface area contributed by atoms with Crippen molar-refractivity contribution in [1.82, 2.24) is 15.3 Å². The molecule has 0 bridgehead atoms. The van der Waals surface area contributed by atoms with E-state index < -0.39 is 0 Å². The van der Waals surface area contributed by atoms with Gasteiger partial charge in [0.1, 0.15) is 5.82 Å². The Kier molecular flexibility index (Phi) is 3.32. The molecule has 3 rings (SSSR count). The molecule has 1 aromatic rings. The highest BCUT2D eigenvalue weighted by Gasteiger charge is 2.21. The number of hydrogen-bond donors (Lipinski definition) is 2. The quantitative estimate of drug-likeness (QED) is 0.842. The van der Waals surface area contributed by atoms with Gasteiger partial charge in [0.2, 0.25) is 0 Å². The van der Waals surface area contributed by atoms with E-state index in [1.165, 1.54) is 24.8 Å². The summed E-state index contributed by atoms with van der Waals surface area (Å²) in [6, 6.07) is 0.466. The molecule has 1 aromatic heterocycles. The molecule has 0 radical (unpaired) electrons. The zero-order valence-electron chi connectivity index (χ0n) is 10.8. The van der Waals surface area contributed by atoms with Crippen molar-refractivity contribution in [3.63, 3.8) is 0 Å². The predicted molar refractivity (Wildman–Crippen MR) is 69.8 cm³/mol. The van der Waals surface area contributed by atoms with Crippen LogP contribution in [0.2, 0.25) is 0 Å². The van der Waals surface area contributed by atoms with E-state index in [-0.39, 0.29) is 0 Å². The number of ether oxygens (including phenoxy) is 1. The van der Waals surface area contributed by atoms with E-state index in [1.807, 2.05) is 0 Å². The van der Waals surface area contributed by atoms with Crippen molar-refractivity contribution in [1.29, 1.82) is 0 Å². The van der Waals surface area contributed by atoms with Crippen LogP contribution in [0, 0.1) is 5.92 Å². The third-order valence-electron chi connectivity index (χ3n) is 3.88. The summed E-state index contributed by atoms with van der Waals surface area (Å²) in [4.78, 5) is 8.88. The maximum atomic E-state index is 5.18. The van der Waals surface area contributed by atoms with Gasteiger partial charge in [-0.15, -0.1) is 0 Å². The van der Waals surface area contributed by atoms with Gasteiger partial charge in [0.15, 0.2) is 0 Å². The molecular weight excluding hydrogens is 228 g/mol. The predicted octanol–water partition coefficient (Wildman–Crippen LogP) is 1.34. The van der Waals surface area contributed by atoms with Crippen LogP contribution in [0.4, 0.5) is 5.82 Å². The number of methoxy groups -OCH3 is 1. The second kappa shape index (κ2) is 5.10. The van der Waals surface area contributed by atoms with E-state index in [2.05, 4.69) is 20.6 Å². The lowest BCUT2D eigenvalue weighted by atomic mass is 9.85. The number of aromatic nitrogens is 2. The van der Waals surface area contributed by atoms with Gasteiger partial charge < -0.3 is 15.4 Å². The second-order valence-corrected chi connectivity index (χ2v) is 5.09. The number of fused-ring (bicyclic) bond motifs is 1. The lowest BCUT2D eigenvalue weighted by molar-refractivity contribution is 0.332. The Morgan fingerprint density at radius 1 is 1.39 bits per heavy atom. The maximum Gasteiger partial charge on any atom is 0.318 e. The molecule has 1 saturated carbocycles. The molecule has 1 aliphatic heterocycles. The molecule has 2 aliphatic rings. The molecule has 0 saturated heterocycles. The Hall–Kier alpha value is -1.36. The Morgan fingerprint density at radius 3 is 3.00 bits per heavy atom. The van der Waals surface area contributed by atoms with Crippen molar-refractivity contribution < 1.29 is 4.74 Å². The second-order valence-electron chi connectivity index (χ2n) is 5.09. The van der Waals surface area contributed by atoms with Gasteiger partial charge in [-0.3, -0.25) is 0 Å². The average Bonchev–Trinajstić information content (AvgIpc) is 2.36. The molecular formula is C13H20N4O. The van der Waals surface area contributed by atoms with Gasteiger partial charge in [-0.25, -0.2) is 0 Å². The number of nitrogens with zero attached hydrogens (tertiary/aromatic N) is 2. The summed E-state index contributed by atoms with van der Waals surface area (Å²) in [5.41, 5.74) is 2.33. The molecule has 0 unspecified atom stereocenters. The van der Waals surface area contributed by atoms with Gasteiger partial charge in [0.25, 0.3) is 0 Å². The molecule has 18 heavy (non-hydrogen) atoms. The van der Waals surface area contributed by atoms with Crippen LogP contribution in [0.25, 0.3) is 0 Å². The van der Waals surface area contributed by atoms with E-state index >= 15 is 0 Å². The number of hydrogen-bond acceptors (Lipinski definition) is 5. The summed E-state index contributed by atoms with van der Waals surface area (Å²) in [5, 5.41) is 6.82. The van der Waals surface area contributed by atoms with Crippen LogP contribution in [-0.2, 0) is 13.0 Å². The molecule has 0 atom stereocenters. The molecule has 0 amide bonds. The van der Waals surface area contributed by atoms with Crippen LogP contribution >= 0.6 is 0 Å². The van der Waals surface area contributed by atoms with Gasteiger partial charge in [-0.1, -0.05) is 6.42 Å². The number of anilines is 1. The van der Waals surface area contributed by atoms with Crippen LogP contribution in [0.5, 0.6) is 6.01 Å². The monoisotopic (exact) mass is 248 g/mol. The van der Waals surface area contributed by atoms with E-state index in [1.54, 1.807) is 7.11 Å². The normalized spacial score (nSPS) is 18.9. The minimum atomic E-state index is 0.466. The molecule has 2 N–H and O–H groups in total. The smallest absolute Gasteiger partial charge is 0.318 e. The van der Waals surface area contributed by atoms with E-state index in [0.717, 1.165) is 43.5 Å². The fourth-order valence-electron chi connectivity index (χ4n) is 2.51. The van der Waals surface area contributed by atoms with E-state index in [4.69, 9.17) is 4.74 Å². The fourth-order valence-corrected chi connectivity index (χ4v) is 2.51. The SMILES string of the molecule is COc1nc2c(c(NCC3CCC3)n1)CCNC2. The van der Waals surface area contributed by atoms with Gasteiger partial charge in [-0.2, -0.15) is 9.97 Å². The topological polar surface area (TPSA) is 59.1 Å². The Labute approximate surface area is 107 Å². The third kappa shape index (κ3) is 2.27. The minimum absolute atomic E-state index is 0.466. The Morgan fingerprint density at radius 2 is 2.28 bits per heavy atom. The highest BCUT2D eigenvalue weighted by molar-refractivity contribution is 5.48. The van der Waals surface area contributed by atoms with E-state index in [9.17, 15) is 0 Å². The van der Waals surface area contributed by atoms with Gasteiger partial charge >= 0.3 is 6.01 Å². The number of nitrogens with one attached hydrogen (secondary N) is 2. The molecule has 5 nitrogen and oxygen atoms in total. The molecule has 1 aliphatic carbocycles. The summed E-state index contributed by atoms with van der Waals surface area (Å²) < 4.78 is 5.18. The Balaban J connectivity index is 1.80. The first kappa shape index (κ1) is 11.7. The maximum absolute atomic E-state index is 5.18. The summed E-state index contributed by atoms with van der Waals surface area (Å²) in [6.45, 7) is 2.84. The van der Waals surface area contributed by atoms with Crippen molar-refractivity contribution in [2.45, 2.75) is 32.2 Å². The Bertz CT molecular complexity index is 431. The highest BCUT2D eigenvalue weighted by atomic mass is 16.5. The summed E-state index contributed by atoms with van der Waals surface area (Å²) in [5.74, 6) is 1.80. The summed E-state index contributed by atoms with van der Waals surface area (Å²) in [7, 11) is 1.62. The first-order chi connectivity index (χ1) is 8.86. The van der Waals surface area contributed by atoms with Crippen molar-refractivity contribution in [2.75, 3.05) is 25.5 Å². The van der Waals surface area contributed by atoms with Crippen LogP contribution in [0.1, 0.15) is 30.5 Å². The molecule has 0 spiro atoms. The van der Waals surface area contributed by atoms with Crippen LogP contribution in [-0.4, -0.2) is 30.2 Å². The van der Waals surface area contributed by atoms with Crippen molar-refractivity contribution in [2.24, 2.45) is 5.92 Å². The van der Waals surface area contributed by atoms with Gasteiger partial charge in [-0.05, 0) is 31.7 Å².